The molecule has 0 radical (unpaired) electrons. The van der Waals surface area contributed by atoms with E-state index in [1.54, 1.807) is 30.3 Å². The Hall–Kier alpha value is -3.11. The van der Waals surface area contributed by atoms with Crippen molar-refractivity contribution in [1.82, 2.24) is 0 Å². The van der Waals surface area contributed by atoms with Crippen LogP contribution in [-0.4, -0.2) is 23.1 Å². The molecule has 1 saturated carbocycles. The topological polar surface area (TPSA) is 68.3 Å². The Bertz CT molecular complexity index is 1100. The van der Waals surface area contributed by atoms with Gasteiger partial charge in [-0.25, -0.2) is 0 Å². The van der Waals surface area contributed by atoms with Crippen LogP contribution < -0.4 is 0 Å². The van der Waals surface area contributed by atoms with Gasteiger partial charge in [0.1, 0.15) is 11.8 Å². The first-order valence-electron chi connectivity index (χ1n) is 8.38. The zero-order valence-corrected chi connectivity index (χ0v) is 14.8. The number of fused-ring (bicyclic) bond motifs is 1. The minimum absolute atomic E-state index is 0.175. The fourth-order valence-corrected chi connectivity index (χ4v) is 3.73. The second-order valence-corrected chi connectivity index (χ2v) is 6.86. The van der Waals surface area contributed by atoms with Crippen LogP contribution >= 0.6 is 11.6 Å². The summed E-state index contributed by atoms with van der Waals surface area (Å²) in [5.41, 5.74) is 0.538. The number of carbonyl (C=O) groups excluding carboxylic acids is 4. The first kappa shape index (κ1) is 17.3. The van der Waals surface area contributed by atoms with E-state index in [-0.39, 0.29) is 10.6 Å². The van der Waals surface area contributed by atoms with Gasteiger partial charge in [0.25, 0.3) is 0 Å². The number of Topliss-reactive ketones (excluding diaryl/α,β-unsaturated/α-hetero) is 4. The maximum atomic E-state index is 12.7. The smallest absolute Gasteiger partial charge is 0.214 e. The van der Waals surface area contributed by atoms with Crippen molar-refractivity contribution < 1.29 is 19.2 Å². The fourth-order valence-electron chi connectivity index (χ4n) is 3.49. The van der Waals surface area contributed by atoms with E-state index in [0.29, 0.717) is 5.56 Å². The summed E-state index contributed by atoms with van der Waals surface area (Å²) in [6, 6.07) is 18.7. The third kappa shape index (κ3) is 2.78. The van der Waals surface area contributed by atoms with E-state index >= 15 is 0 Å². The molecule has 0 N–H and O–H groups in total. The van der Waals surface area contributed by atoms with Gasteiger partial charge in [-0.2, -0.15) is 0 Å². The Balaban J connectivity index is 1.78. The van der Waals surface area contributed by atoms with Gasteiger partial charge in [0.05, 0.1) is 0 Å². The molecule has 0 aromatic heterocycles. The number of hydrogen-bond donors (Lipinski definition) is 0. The minimum Gasteiger partial charge on any atom is -0.290 e. The summed E-state index contributed by atoms with van der Waals surface area (Å²) in [4.78, 5) is 50.9. The van der Waals surface area contributed by atoms with Gasteiger partial charge in [0.2, 0.25) is 23.1 Å². The number of halogens is 1. The minimum atomic E-state index is -1.46. The molecule has 1 aliphatic rings. The zero-order chi connectivity index (χ0) is 19.1. The van der Waals surface area contributed by atoms with Crippen LogP contribution in [-0.2, 0) is 19.2 Å². The summed E-state index contributed by atoms with van der Waals surface area (Å²) >= 11 is 6.08. The Morgan fingerprint density at radius 2 is 1.15 bits per heavy atom. The van der Waals surface area contributed by atoms with Crippen molar-refractivity contribution in [2.24, 2.45) is 0 Å². The second kappa shape index (κ2) is 6.56. The predicted molar refractivity (Wildman–Crippen MR) is 101 cm³/mol. The van der Waals surface area contributed by atoms with Gasteiger partial charge in [-0.05, 0) is 34.0 Å². The van der Waals surface area contributed by atoms with Crippen LogP contribution in [0.3, 0.4) is 0 Å². The third-order valence-electron chi connectivity index (χ3n) is 4.86. The SMILES string of the molecule is O=C1C(=O)C(c2ccccc2Cl)C(=O)C(=O)C1c1ccc2ccccc2c1. The van der Waals surface area contributed by atoms with Crippen LogP contribution in [0.4, 0.5) is 0 Å². The van der Waals surface area contributed by atoms with E-state index in [0.717, 1.165) is 10.8 Å². The lowest BCUT2D eigenvalue weighted by Crippen LogP contribution is -2.46. The van der Waals surface area contributed by atoms with Crippen molar-refractivity contribution >= 4 is 45.5 Å². The molecule has 4 nitrogen and oxygen atoms in total. The lowest BCUT2D eigenvalue weighted by molar-refractivity contribution is -0.151. The number of hydrogen-bond acceptors (Lipinski definition) is 4. The highest BCUT2D eigenvalue weighted by molar-refractivity contribution is 6.64. The highest BCUT2D eigenvalue weighted by atomic mass is 35.5. The molecule has 27 heavy (non-hydrogen) atoms. The summed E-state index contributed by atoms with van der Waals surface area (Å²) in [5.74, 6) is -6.40. The van der Waals surface area contributed by atoms with E-state index in [9.17, 15) is 19.2 Å². The molecule has 3 aromatic rings. The van der Waals surface area contributed by atoms with Crippen LogP contribution in [0.2, 0.25) is 5.02 Å². The van der Waals surface area contributed by atoms with Gasteiger partial charge >= 0.3 is 0 Å². The first-order chi connectivity index (χ1) is 13.0. The first-order valence-corrected chi connectivity index (χ1v) is 8.76. The second-order valence-electron chi connectivity index (χ2n) is 6.45. The van der Waals surface area contributed by atoms with Crippen molar-refractivity contribution in [3.8, 4) is 0 Å². The summed E-state index contributed by atoms with van der Waals surface area (Å²) in [7, 11) is 0. The molecule has 1 aliphatic carbocycles. The van der Waals surface area contributed by atoms with E-state index in [1.165, 1.54) is 12.1 Å². The number of benzene rings is 3. The quantitative estimate of drug-likeness (QED) is 0.505. The monoisotopic (exact) mass is 376 g/mol. The molecular weight excluding hydrogens is 364 g/mol. The standard InChI is InChI=1S/C22H13ClO4/c23-16-8-4-3-7-15(16)18-21(26)19(24)17(20(25)22(18)27)14-10-9-12-5-1-2-6-13(12)11-14/h1-11,17-18H. The summed E-state index contributed by atoms with van der Waals surface area (Å²) in [6.45, 7) is 0. The maximum absolute atomic E-state index is 12.7. The molecule has 0 spiro atoms. The molecule has 4 rings (SSSR count). The molecular formula is C22H13ClO4. The third-order valence-corrected chi connectivity index (χ3v) is 5.20. The van der Waals surface area contributed by atoms with E-state index in [1.807, 2.05) is 24.3 Å². The normalized spacial score (nSPS) is 20.3. The molecule has 0 saturated heterocycles. The van der Waals surface area contributed by atoms with E-state index in [2.05, 4.69) is 0 Å². The van der Waals surface area contributed by atoms with E-state index < -0.39 is 35.0 Å². The number of ketones is 4. The van der Waals surface area contributed by atoms with Crippen molar-refractivity contribution in [3.63, 3.8) is 0 Å². The molecule has 0 aliphatic heterocycles. The molecule has 0 heterocycles. The Morgan fingerprint density at radius 1 is 0.593 bits per heavy atom. The van der Waals surface area contributed by atoms with Gasteiger partial charge in [0, 0.05) is 5.02 Å². The Labute approximate surface area is 159 Å². The lowest BCUT2D eigenvalue weighted by atomic mass is 9.72. The Morgan fingerprint density at radius 3 is 1.81 bits per heavy atom. The van der Waals surface area contributed by atoms with Crippen LogP contribution in [0, 0.1) is 0 Å². The van der Waals surface area contributed by atoms with Crippen LogP contribution in [0.25, 0.3) is 10.8 Å². The number of rotatable bonds is 2. The van der Waals surface area contributed by atoms with Gasteiger partial charge < -0.3 is 0 Å². The van der Waals surface area contributed by atoms with Crippen LogP contribution in [0.1, 0.15) is 23.0 Å². The lowest BCUT2D eigenvalue weighted by Gasteiger charge is -2.25. The molecule has 0 unspecified atom stereocenters. The van der Waals surface area contributed by atoms with Gasteiger partial charge in [-0.15, -0.1) is 0 Å². The molecule has 0 atom stereocenters. The Kier molecular flexibility index (Phi) is 4.21. The van der Waals surface area contributed by atoms with Crippen LogP contribution in [0.15, 0.2) is 66.7 Å². The number of carbonyl (C=O) groups is 4. The summed E-state index contributed by atoms with van der Waals surface area (Å²) < 4.78 is 0. The molecule has 132 valence electrons. The van der Waals surface area contributed by atoms with Gasteiger partial charge in [-0.1, -0.05) is 66.2 Å². The van der Waals surface area contributed by atoms with Crippen molar-refractivity contribution in [1.29, 1.82) is 0 Å². The average Bonchev–Trinajstić information content (AvgIpc) is 2.68. The highest BCUT2D eigenvalue weighted by Gasteiger charge is 2.50. The highest BCUT2D eigenvalue weighted by Crippen LogP contribution is 2.35. The van der Waals surface area contributed by atoms with Crippen molar-refractivity contribution in [2.75, 3.05) is 0 Å². The average molecular weight is 377 g/mol. The summed E-state index contributed by atoms with van der Waals surface area (Å²) in [5, 5.41) is 1.93. The van der Waals surface area contributed by atoms with Crippen molar-refractivity contribution in [2.45, 2.75) is 11.8 Å². The maximum Gasteiger partial charge on any atom is 0.214 e. The largest absolute Gasteiger partial charge is 0.290 e. The predicted octanol–water partition coefficient (Wildman–Crippen LogP) is 3.65. The van der Waals surface area contributed by atoms with Crippen molar-refractivity contribution in [3.05, 3.63) is 82.9 Å². The molecule has 0 bridgehead atoms. The zero-order valence-electron chi connectivity index (χ0n) is 14.0. The van der Waals surface area contributed by atoms with Gasteiger partial charge in [-0.3, -0.25) is 19.2 Å². The van der Waals surface area contributed by atoms with E-state index in [4.69, 9.17) is 11.6 Å². The van der Waals surface area contributed by atoms with Gasteiger partial charge in [0.15, 0.2) is 0 Å². The fraction of sp³-hybridized carbons (Fsp3) is 0.0909. The molecule has 0 amide bonds. The molecule has 1 fully saturated rings. The summed E-state index contributed by atoms with van der Waals surface area (Å²) in [6.07, 6.45) is 0. The molecule has 3 aromatic carbocycles. The molecule has 5 heteroatoms. The van der Waals surface area contributed by atoms with Crippen LogP contribution in [0.5, 0.6) is 0 Å².